The maximum absolute atomic E-state index is 12.3. The maximum atomic E-state index is 12.3. The summed E-state index contributed by atoms with van der Waals surface area (Å²) in [5.41, 5.74) is 2.39. The molecule has 5 nitrogen and oxygen atoms in total. The maximum Gasteiger partial charge on any atom is 0.225 e. The molecular formula is C18H28N4O. The summed E-state index contributed by atoms with van der Waals surface area (Å²) in [5.74, 6) is 0.782. The van der Waals surface area contributed by atoms with E-state index in [4.69, 9.17) is 0 Å². The molecule has 2 saturated heterocycles. The van der Waals surface area contributed by atoms with Crippen LogP contribution in [0.1, 0.15) is 49.5 Å². The van der Waals surface area contributed by atoms with Crippen molar-refractivity contribution in [1.29, 1.82) is 0 Å². The van der Waals surface area contributed by atoms with Gasteiger partial charge in [0.25, 0.3) is 0 Å². The van der Waals surface area contributed by atoms with Gasteiger partial charge in [-0.15, -0.1) is 0 Å². The predicted octanol–water partition coefficient (Wildman–Crippen LogP) is 2.15. The van der Waals surface area contributed by atoms with Crippen LogP contribution in [-0.4, -0.2) is 57.7 Å². The lowest BCUT2D eigenvalue weighted by Crippen LogP contribution is -2.56. The van der Waals surface area contributed by atoms with Crippen molar-refractivity contribution < 1.29 is 4.79 Å². The Morgan fingerprint density at radius 2 is 1.78 bits per heavy atom. The smallest absolute Gasteiger partial charge is 0.225 e. The molecule has 1 saturated carbocycles. The molecule has 0 N–H and O–H groups in total. The average molecular weight is 316 g/mol. The SMILES string of the molecule is Cc1cc(C)n(C2CN(C3CCN(C(=O)C4CCC4)CC3)C2)n1. The zero-order chi connectivity index (χ0) is 16.0. The van der Waals surface area contributed by atoms with Crippen molar-refractivity contribution in [3.05, 3.63) is 17.5 Å². The molecule has 0 radical (unpaired) electrons. The summed E-state index contributed by atoms with van der Waals surface area (Å²) < 4.78 is 2.20. The minimum atomic E-state index is 0.353. The number of hydrogen-bond acceptors (Lipinski definition) is 3. The minimum Gasteiger partial charge on any atom is -0.342 e. The minimum absolute atomic E-state index is 0.353. The van der Waals surface area contributed by atoms with E-state index in [1.807, 2.05) is 0 Å². The van der Waals surface area contributed by atoms with E-state index in [0.29, 0.717) is 23.9 Å². The van der Waals surface area contributed by atoms with E-state index in [1.54, 1.807) is 0 Å². The highest BCUT2D eigenvalue weighted by molar-refractivity contribution is 5.79. The lowest BCUT2D eigenvalue weighted by atomic mass is 9.84. The van der Waals surface area contributed by atoms with Crippen molar-refractivity contribution in [3.63, 3.8) is 0 Å². The quantitative estimate of drug-likeness (QED) is 0.858. The topological polar surface area (TPSA) is 41.4 Å². The van der Waals surface area contributed by atoms with Crippen LogP contribution in [0.4, 0.5) is 0 Å². The number of aromatic nitrogens is 2. The van der Waals surface area contributed by atoms with E-state index in [1.165, 1.54) is 12.1 Å². The first-order valence-electron chi connectivity index (χ1n) is 9.17. The second-order valence-corrected chi connectivity index (χ2v) is 7.66. The zero-order valence-corrected chi connectivity index (χ0v) is 14.4. The molecule has 2 aliphatic heterocycles. The Morgan fingerprint density at radius 1 is 1.09 bits per heavy atom. The molecular weight excluding hydrogens is 288 g/mol. The molecule has 3 fully saturated rings. The Labute approximate surface area is 138 Å². The second-order valence-electron chi connectivity index (χ2n) is 7.66. The van der Waals surface area contributed by atoms with Crippen molar-refractivity contribution >= 4 is 5.91 Å². The van der Waals surface area contributed by atoms with Gasteiger partial charge in [0.2, 0.25) is 5.91 Å². The monoisotopic (exact) mass is 316 g/mol. The van der Waals surface area contributed by atoms with E-state index >= 15 is 0 Å². The molecule has 0 aromatic carbocycles. The highest BCUT2D eigenvalue weighted by Gasteiger charge is 2.38. The Hall–Kier alpha value is -1.36. The Bertz CT molecular complexity index is 578. The van der Waals surface area contributed by atoms with Crippen molar-refractivity contribution in [2.45, 2.75) is 58.0 Å². The molecule has 0 atom stereocenters. The molecule has 1 aromatic rings. The van der Waals surface area contributed by atoms with Gasteiger partial charge in [0.1, 0.15) is 0 Å². The van der Waals surface area contributed by atoms with Gasteiger partial charge in [0.15, 0.2) is 0 Å². The van der Waals surface area contributed by atoms with Crippen LogP contribution >= 0.6 is 0 Å². The van der Waals surface area contributed by atoms with Crippen molar-refractivity contribution in [2.24, 2.45) is 5.92 Å². The lowest BCUT2D eigenvalue weighted by Gasteiger charge is -2.47. The first-order chi connectivity index (χ1) is 11.1. The Kier molecular flexibility index (Phi) is 3.92. The number of carbonyl (C=O) groups is 1. The van der Waals surface area contributed by atoms with Gasteiger partial charge in [-0.05, 0) is 45.6 Å². The van der Waals surface area contributed by atoms with Gasteiger partial charge in [0, 0.05) is 43.8 Å². The average Bonchev–Trinajstić information content (AvgIpc) is 2.75. The van der Waals surface area contributed by atoms with Crippen molar-refractivity contribution in [2.75, 3.05) is 26.2 Å². The number of piperidine rings is 1. The number of amides is 1. The molecule has 4 rings (SSSR count). The Morgan fingerprint density at radius 3 is 2.30 bits per heavy atom. The number of hydrogen-bond donors (Lipinski definition) is 0. The lowest BCUT2D eigenvalue weighted by molar-refractivity contribution is -0.140. The highest BCUT2D eigenvalue weighted by Crippen LogP contribution is 2.32. The molecule has 1 aliphatic carbocycles. The fourth-order valence-corrected chi connectivity index (χ4v) is 4.32. The van der Waals surface area contributed by atoms with Crippen LogP contribution in [0.25, 0.3) is 0 Å². The van der Waals surface area contributed by atoms with Crippen LogP contribution in [-0.2, 0) is 4.79 Å². The third-order valence-corrected chi connectivity index (χ3v) is 6.03. The summed E-state index contributed by atoms with van der Waals surface area (Å²) >= 11 is 0. The molecule has 1 amide bonds. The number of carbonyl (C=O) groups excluding carboxylic acids is 1. The molecule has 23 heavy (non-hydrogen) atoms. The van der Waals surface area contributed by atoms with Gasteiger partial charge in [0.05, 0.1) is 11.7 Å². The van der Waals surface area contributed by atoms with Crippen LogP contribution in [0, 0.1) is 19.8 Å². The standard InChI is InChI=1S/C18H28N4O/c1-13-10-14(2)22(19-13)17-11-21(12-17)16-6-8-20(9-7-16)18(23)15-4-3-5-15/h10,15-17H,3-9,11-12H2,1-2H3. The summed E-state index contributed by atoms with van der Waals surface area (Å²) in [6.45, 7) is 8.36. The fourth-order valence-electron chi connectivity index (χ4n) is 4.32. The number of nitrogens with zero attached hydrogens (tertiary/aromatic N) is 4. The third-order valence-electron chi connectivity index (χ3n) is 6.03. The van der Waals surface area contributed by atoms with E-state index in [2.05, 4.69) is 39.5 Å². The molecule has 1 aromatic heterocycles. The molecule has 0 bridgehead atoms. The van der Waals surface area contributed by atoms with Crippen molar-refractivity contribution in [1.82, 2.24) is 19.6 Å². The number of rotatable bonds is 3. The molecule has 3 aliphatic rings. The van der Waals surface area contributed by atoms with E-state index in [-0.39, 0.29) is 0 Å². The normalized spacial score (nSPS) is 24.5. The number of aryl methyl sites for hydroxylation is 2. The van der Waals surface area contributed by atoms with Gasteiger partial charge in [-0.25, -0.2) is 0 Å². The highest BCUT2D eigenvalue weighted by atomic mass is 16.2. The first kappa shape index (κ1) is 15.2. The Balaban J connectivity index is 1.26. The first-order valence-corrected chi connectivity index (χ1v) is 9.17. The summed E-state index contributed by atoms with van der Waals surface area (Å²) in [5, 5.41) is 4.62. The van der Waals surface area contributed by atoms with Gasteiger partial charge in [-0.3, -0.25) is 14.4 Å². The van der Waals surface area contributed by atoms with Crippen LogP contribution in [0.5, 0.6) is 0 Å². The van der Waals surface area contributed by atoms with E-state index in [0.717, 1.165) is 57.6 Å². The molecule has 126 valence electrons. The van der Waals surface area contributed by atoms with Crippen LogP contribution < -0.4 is 0 Å². The summed E-state index contributed by atoms with van der Waals surface area (Å²) in [4.78, 5) is 17.0. The second kappa shape index (κ2) is 5.93. The molecule has 5 heteroatoms. The van der Waals surface area contributed by atoms with Gasteiger partial charge >= 0.3 is 0 Å². The molecule has 0 spiro atoms. The predicted molar refractivity (Wildman–Crippen MR) is 89.3 cm³/mol. The summed E-state index contributed by atoms with van der Waals surface area (Å²) in [7, 11) is 0. The van der Waals surface area contributed by atoms with E-state index in [9.17, 15) is 4.79 Å². The van der Waals surface area contributed by atoms with Gasteiger partial charge in [-0.1, -0.05) is 6.42 Å². The fraction of sp³-hybridized carbons (Fsp3) is 0.778. The van der Waals surface area contributed by atoms with E-state index < -0.39 is 0 Å². The molecule has 3 heterocycles. The van der Waals surface area contributed by atoms with Crippen molar-refractivity contribution in [3.8, 4) is 0 Å². The van der Waals surface area contributed by atoms with Gasteiger partial charge in [-0.2, -0.15) is 5.10 Å². The van der Waals surface area contributed by atoms with Gasteiger partial charge < -0.3 is 4.90 Å². The van der Waals surface area contributed by atoms with Crippen LogP contribution in [0.2, 0.25) is 0 Å². The zero-order valence-electron chi connectivity index (χ0n) is 14.4. The van der Waals surface area contributed by atoms with Crippen LogP contribution in [0.3, 0.4) is 0 Å². The summed E-state index contributed by atoms with van der Waals surface area (Å²) in [6, 6.07) is 3.36. The largest absolute Gasteiger partial charge is 0.342 e. The number of likely N-dealkylation sites (tertiary alicyclic amines) is 2. The summed E-state index contributed by atoms with van der Waals surface area (Å²) in [6.07, 6.45) is 5.77. The van der Waals surface area contributed by atoms with Crippen LogP contribution in [0.15, 0.2) is 6.07 Å². The molecule has 0 unspecified atom stereocenters. The third kappa shape index (κ3) is 2.80.